The lowest BCUT2D eigenvalue weighted by molar-refractivity contribution is -0.114. The van der Waals surface area contributed by atoms with Gasteiger partial charge in [-0.2, -0.15) is 0 Å². The highest BCUT2D eigenvalue weighted by Gasteiger charge is 2.17. The van der Waals surface area contributed by atoms with E-state index in [-0.39, 0.29) is 17.3 Å². The third-order valence-corrected chi connectivity index (χ3v) is 5.24. The second-order valence-electron chi connectivity index (χ2n) is 4.59. The standard InChI is InChI=1S/C14H16N2O4S2/c1-10(17)16-11-4-6-12(7-5-11)22(19,20)15-9-13(18)14-3-2-8-21-14/h2-8,13,15,18H,9H2,1H3,(H,16,17). The van der Waals surface area contributed by atoms with E-state index in [1.807, 2.05) is 5.38 Å². The summed E-state index contributed by atoms with van der Waals surface area (Å²) in [5.41, 5.74) is 0.519. The fourth-order valence-electron chi connectivity index (χ4n) is 1.77. The Balaban J connectivity index is 2.02. The van der Waals surface area contributed by atoms with Gasteiger partial charge in [-0.3, -0.25) is 4.79 Å². The van der Waals surface area contributed by atoms with E-state index < -0.39 is 16.1 Å². The van der Waals surface area contributed by atoms with Gasteiger partial charge in [-0.25, -0.2) is 13.1 Å². The number of aliphatic hydroxyl groups is 1. The highest BCUT2D eigenvalue weighted by atomic mass is 32.2. The number of anilines is 1. The Morgan fingerprint density at radius 2 is 1.95 bits per heavy atom. The Bertz CT molecular complexity index is 725. The second kappa shape index (κ2) is 7.01. The molecule has 0 aliphatic carbocycles. The first kappa shape index (κ1) is 16.6. The number of thiophene rings is 1. The van der Waals surface area contributed by atoms with E-state index in [0.29, 0.717) is 10.6 Å². The highest BCUT2D eigenvalue weighted by Crippen LogP contribution is 2.19. The Labute approximate surface area is 132 Å². The van der Waals surface area contributed by atoms with E-state index in [4.69, 9.17) is 0 Å². The first-order chi connectivity index (χ1) is 10.4. The summed E-state index contributed by atoms with van der Waals surface area (Å²) >= 11 is 1.36. The number of carbonyl (C=O) groups is 1. The van der Waals surface area contributed by atoms with E-state index in [0.717, 1.165) is 0 Å². The molecule has 1 amide bonds. The van der Waals surface area contributed by atoms with Crippen molar-refractivity contribution < 1.29 is 18.3 Å². The molecule has 3 N–H and O–H groups in total. The van der Waals surface area contributed by atoms with Crippen LogP contribution in [0.4, 0.5) is 5.69 Å². The molecule has 0 aliphatic rings. The van der Waals surface area contributed by atoms with Crippen LogP contribution in [0.2, 0.25) is 0 Å². The molecule has 0 saturated carbocycles. The van der Waals surface area contributed by atoms with Crippen molar-refractivity contribution in [3.05, 3.63) is 46.7 Å². The lowest BCUT2D eigenvalue weighted by Gasteiger charge is -2.11. The maximum absolute atomic E-state index is 12.1. The van der Waals surface area contributed by atoms with Gasteiger partial charge in [-0.05, 0) is 35.7 Å². The topological polar surface area (TPSA) is 95.5 Å². The minimum absolute atomic E-state index is 0.0694. The molecule has 1 aromatic carbocycles. The Hall–Kier alpha value is -1.74. The number of hydrogen-bond acceptors (Lipinski definition) is 5. The monoisotopic (exact) mass is 340 g/mol. The first-order valence-corrected chi connectivity index (χ1v) is 8.83. The molecule has 0 aliphatic heterocycles. The van der Waals surface area contributed by atoms with Gasteiger partial charge in [-0.1, -0.05) is 6.07 Å². The maximum Gasteiger partial charge on any atom is 0.240 e. The predicted molar refractivity (Wildman–Crippen MR) is 85.2 cm³/mol. The Morgan fingerprint density at radius 3 is 2.50 bits per heavy atom. The smallest absolute Gasteiger partial charge is 0.240 e. The molecule has 22 heavy (non-hydrogen) atoms. The quantitative estimate of drug-likeness (QED) is 0.746. The number of aliphatic hydroxyl groups excluding tert-OH is 1. The second-order valence-corrected chi connectivity index (χ2v) is 7.33. The third-order valence-electron chi connectivity index (χ3n) is 2.82. The zero-order valence-electron chi connectivity index (χ0n) is 11.8. The number of nitrogens with one attached hydrogen (secondary N) is 2. The molecule has 1 aromatic heterocycles. The van der Waals surface area contributed by atoms with Crippen molar-refractivity contribution in [1.82, 2.24) is 4.72 Å². The van der Waals surface area contributed by atoms with Crippen LogP contribution in [0.5, 0.6) is 0 Å². The van der Waals surface area contributed by atoms with E-state index in [1.54, 1.807) is 12.1 Å². The average Bonchev–Trinajstić information content (AvgIpc) is 2.99. The van der Waals surface area contributed by atoms with E-state index in [9.17, 15) is 18.3 Å². The number of sulfonamides is 1. The van der Waals surface area contributed by atoms with Gasteiger partial charge in [0, 0.05) is 24.0 Å². The minimum Gasteiger partial charge on any atom is -0.386 e. The number of hydrogen-bond donors (Lipinski definition) is 3. The van der Waals surface area contributed by atoms with E-state index in [1.165, 1.54) is 42.5 Å². The molecule has 0 bridgehead atoms. The summed E-state index contributed by atoms with van der Waals surface area (Å²) in [6, 6.07) is 9.33. The van der Waals surface area contributed by atoms with Gasteiger partial charge < -0.3 is 10.4 Å². The summed E-state index contributed by atoms with van der Waals surface area (Å²) in [5, 5.41) is 14.3. The number of carbonyl (C=O) groups excluding carboxylic acids is 1. The van der Waals surface area contributed by atoms with Crippen molar-refractivity contribution >= 4 is 33.0 Å². The number of benzene rings is 1. The summed E-state index contributed by atoms with van der Waals surface area (Å²) in [6.07, 6.45) is -0.881. The summed E-state index contributed by atoms with van der Waals surface area (Å²) in [6.45, 7) is 1.27. The van der Waals surface area contributed by atoms with Crippen molar-refractivity contribution in [2.24, 2.45) is 0 Å². The molecule has 0 spiro atoms. The fraction of sp³-hybridized carbons (Fsp3) is 0.214. The largest absolute Gasteiger partial charge is 0.386 e. The van der Waals surface area contributed by atoms with Crippen LogP contribution in [0.1, 0.15) is 17.9 Å². The van der Waals surface area contributed by atoms with Gasteiger partial charge in [0.1, 0.15) is 6.10 Å². The summed E-state index contributed by atoms with van der Waals surface area (Å²) in [4.78, 5) is 11.7. The van der Waals surface area contributed by atoms with Gasteiger partial charge in [-0.15, -0.1) is 11.3 Å². The van der Waals surface area contributed by atoms with Crippen LogP contribution in [0.3, 0.4) is 0 Å². The van der Waals surface area contributed by atoms with Crippen molar-refractivity contribution in [3.8, 4) is 0 Å². The third kappa shape index (κ3) is 4.38. The number of rotatable bonds is 6. The molecule has 1 heterocycles. The Morgan fingerprint density at radius 1 is 1.27 bits per heavy atom. The first-order valence-electron chi connectivity index (χ1n) is 6.47. The molecular weight excluding hydrogens is 324 g/mol. The zero-order valence-corrected chi connectivity index (χ0v) is 13.4. The van der Waals surface area contributed by atoms with Crippen LogP contribution < -0.4 is 10.0 Å². The van der Waals surface area contributed by atoms with Crippen LogP contribution in [0, 0.1) is 0 Å². The van der Waals surface area contributed by atoms with Crippen LogP contribution in [0.25, 0.3) is 0 Å². The van der Waals surface area contributed by atoms with Gasteiger partial charge in [0.25, 0.3) is 0 Å². The lowest BCUT2D eigenvalue weighted by atomic mass is 10.3. The molecule has 0 fully saturated rings. The summed E-state index contributed by atoms with van der Waals surface area (Å²) in [7, 11) is -3.71. The molecule has 2 aromatic rings. The zero-order chi connectivity index (χ0) is 16.2. The molecule has 2 rings (SSSR count). The minimum atomic E-state index is -3.71. The van der Waals surface area contributed by atoms with Crippen LogP contribution in [0.15, 0.2) is 46.7 Å². The molecule has 1 atom stereocenters. The molecular formula is C14H16N2O4S2. The van der Waals surface area contributed by atoms with Gasteiger partial charge in [0.15, 0.2) is 0 Å². The van der Waals surface area contributed by atoms with Gasteiger partial charge in [0.05, 0.1) is 4.90 Å². The molecule has 0 radical (unpaired) electrons. The fourth-order valence-corrected chi connectivity index (χ4v) is 3.52. The van der Waals surface area contributed by atoms with Crippen molar-refractivity contribution in [1.29, 1.82) is 0 Å². The van der Waals surface area contributed by atoms with Crippen molar-refractivity contribution in [2.45, 2.75) is 17.9 Å². The van der Waals surface area contributed by atoms with Crippen LogP contribution in [-0.2, 0) is 14.8 Å². The molecule has 6 nitrogen and oxygen atoms in total. The van der Waals surface area contributed by atoms with Crippen LogP contribution in [-0.4, -0.2) is 26.0 Å². The maximum atomic E-state index is 12.1. The van der Waals surface area contributed by atoms with Gasteiger partial charge in [0.2, 0.25) is 15.9 Å². The van der Waals surface area contributed by atoms with E-state index in [2.05, 4.69) is 10.0 Å². The average molecular weight is 340 g/mol. The summed E-state index contributed by atoms with van der Waals surface area (Å²) in [5.74, 6) is -0.229. The predicted octanol–water partition coefficient (Wildman–Crippen LogP) is 1.72. The summed E-state index contributed by atoms with van der Waals surface area (Å²) < 4.78 is 26.6. The molecule has 0 saturated heterocycles. The van der Waals surface area contributed by atoms with E-state index >= 15 is 0 Å². The number of amides is 1. The highest BCUT2D eigenvalue weighted by molar-refractivity contribution is 7.89. The van der Waals surface area contributed by atoms with Gasteiger partial charge >= 0.3 is 0 Å². The molecule has 118 valence electrons. The SMILES string of the molecule is CC(=O)Nc1ccc(S(=O)(=O)NCC(O)c2cccs2)cc1. The van der Waals surface area contributed by atoms with Crippen molar-refractivity contribution in [3.63, 3.8) is 0 Å². The van der Waals surface area contributed by atoms with Crippen LogP contribution >= 0.6 is 11.3 Å². The Kier molecular flexibility index (Phi) is 5.30. The normalized spacial score (nSPS) is 12.8. The van der Waals surface area contributed by atoms with Crippen molar-refractivity contribution in [2.75, 3.05) is 11.9 Å². The molecule has 8 heteroatoms. The lowest BCUT2D eigenvalue weighted by Crippen LogP contribution is -2.28. The molecule has 1 unspecified atom stereocenters.